The fraction of sp³-hybridized carbons (Fsp3) is 0.125. The number of rotatable bonds is 5. The Kier molecular flexibility index (Phi) is 5.20. The van der Waals surface area contributed by atoms with E-state index in [1.54, 1.807) is 12.3 Å². The normalized spacial score (nSPS) is 23.7. The van der Waals surface area contributed by atoms with Gasteiger partial charge in [0.05, 0.1) is 32.4 Å². The topological polar surface area (TPSA) is 118 Å². The van der Waals surface area contributed by atoms with E-state index in [2.05, 4.69) is 15.5 Å². The van der Waals surface area contributed by atoms with E-state index in [1.165, 1.54) is 29.5 Å². The fourth-order valence-electron chi connectivity index (χ4n) is 7.20. The molecule has 0 unspecified atom stereocenters. The van der Waals surface area contributed by atoms with Gasteiger partial charge in [0.2, 0.25) is 16.9 Å². The molecular formula is C32H21N5O4S. The Balaban J connectivity index is 1.33. The van der Waals surface area contributed by atoms with Gasteiger partial charge in [-0.05, 0) is 40.5 Å². The molecule has 10 heteroatoms. The van der Waals surface area contributed by atoms with Crippen molar-refractivity contribution >= 4 is 56.1 Å². The van der Waals surface area contributed by atoms with Gasteiger partial charge < -0.3 is 0 Å². The number of carbonyl (C=O) groups is 2. The van der Waals surface area contributed by atoms with Crippen LogP contribution >= 0.6 is 11.3 Å². The molecule has 4 aromatic carbocycles. The highest BCUT2D eigenvalue weighted by Gasteiger charge is 2.68. The van der Waals surface area contributed by atoms with E-state index < -0.39 is 34.0 Å². The molecule has 5 aromatic rings. The molecule has 4 aliphatic rings. The monoisotopic (exact) mass is 571 g/mol. The summed E-state index contributed by atoms with van der Waals surface area (Å²) in [5.41, 5.74) is 6.22. The largest absolute Gasteiger partial charge is 0.293 e. The molecule has 1 aromatic heterocycles. The van der Waals surface area contributed by atoms with Gasteiger partial charge in [0.25, 0.3) is 5.69 Å². The van der Waals surface area contributed by atoms with E-state index in [-0.39, 0.29) is 17.3 Å². The summed E-state index contributed by atoms with van der Waals surface area (Å²) in [5, 5.41) is 17.2. The number of aromatic nitrogens is 1. The molecule has 42 heavy (non-hydrogen) atoms. The van der Waals surface area contributed by atoms with E-state index in [0.717, 1.165) is 37.4 Å². The molecule has 0 radical (unpaired) electrons. The minimum absolute atomic E-state index is 0.0147. The molecule has 0 spiro atoms. The summed E-state index contributed by atoms with van der Waals surface area (Å²) in [6.07, 6.45) is 1.73. The van der Waals surface area contributed by atoms with Crippen LogP contribution in [0.3, 0.4) is 0 Å². The van der Waals surface area contributed by atoms with Crippen molar-refractivity contribution in [2.75, 3.05) is 10.3 Å². The van der Waals surface area contributed by atoms with Gasteiger partial charge in [0, 0.05) is 18.2 Å². The summed E-state index contributed by atoms with van der Waals surface area (Å²) >= 11 is 1.46. The molecule has 204 valence electrons. The lowest BCUT2D eigenvalue weighted by molar-refractivity contribution is -0.384. The van der Waals surface area contributed by atoms with Crippen LogP contribution in [0.1, 0.15) is 28.2 Å². The summed E-state index contributed by atoms with van der Waals surface area (Å²) in [5.74, 6) is -2.89. The second kappa shape index (κ2) is 8.89. The molecule has 1 N–H and O–H groups in total. The molecule has 2 atom stereocenters. The smallest absolute Gasteiger partial charge is 0.274 e. The van der Waals surface area contributed by atoms with Gasteiger partial charge in [-0.1, -0.05) is 84.1 Å². The second-order valence-electron chi connectivity index (χ2n) is 10.6. The zero-order chi connectivity index (χ0) is 28.6. The number of imide groups is 1. The van der Waals surface area contributed by atoms with Gasteiger partial charge in [0.15, 0.2) is 0 Å². The van der Waals surface area contributed by atoms with E-state index in [9.17, 15) is 19.7 Å². The second-order valence-corrected chi connectivity index (χ2v) is 11.7. The quantitative estimate of drug-likeness (QED) is 0.122. The molecule has 0 saturated carbocycles. The molecule has 9 nitrogen and oxygen atoms in total. The number of hydrogen-bond acceptors (Lipinski definition) is 8. The number of nitro groups is 1. The number of thiazole rings is 1. The lowest BCUT2D eigenvalue weighted by Crippen LogP contribution is -2.54. The van der Waals surface area contributed by atoms with Crippen molar-refractivity contribution in [1.82, 2.24) is 4.98 Å². The van der Waals surface area contributed by atoms with Gasteiger partial charge in [-0.15, -0.1) is 0 Å². The number of hydrazone groups is 1. The SMILES string of the molecule is O=C1[C@@H]2[C@@H](C(=O)N1c1ccccc1[N+](=O)[O-])C1c3ccccc3C2(/C=N\Nc2nc3ccccc3s2)c2ccccc21. The molecular weight excluding hydrogens is 550 g/mol. The Bertz CT molecular complexity index is 1920. The van der Waals surface area contributed by atoms with Gasteiger partial charge in [-0.25, -0.2) is 9.88 Å². The fourth-order valence-corrected chi connectivity index (χ4v) is 8.02. The lowest BCUT2D eigenvalue weighted by Gasteiger charge is -2.52. The van der Waals surface area contributed by atoms with Crippen LogP contribution in [-0.2, 0) is 15.0 Å². The summed E-state index contributed by atoms with van der Waals surface area (Å²) in [6, 6.07) is 29.4. The minimum atomic E-state index is -1.10. The number of nitrogens with one attached hydrogen (secondary N) is 1. The molecule has 1 saturated heterocycles. The van der Waals surface area contributed by atoms with Crippen molar-refractivity contribution in [3.05, 3.63) is 129 Å². The van der Waals surface area contributed by atoms with E-state index in [4.69, 9.17) is 0 Å². The Labute approximate surface area is 243 Å². The predicted molar refractivity (Wildman–Crippen MR) is 160 cm³/mol. The van der Waals surface area contributed by atoms with Crippen molar-refractivity contribution < 1.29 is 14.5 Å². The van der Waals surface area contributed by atoms with Crippen molar-refractivity contribution in [1.29, 1.82) is 0 Å². The Morgan fingerprint density at radius 1 is 0.881 bits per heavy atom. The number of anilines is 2. The average molecular weight is 572 g/mol. The Morgan fingerprint density at radius 3 is 2.24 bits per heavy atom. The van der Waals surface area contributed by atoms with Crippen molar-refractivity contribution in [3.8, 4) is 0 Å². The number of benzene rings is 4. The number of para-hydroxylation sites is 3. The summed E-state index contributed by atoms with van der Waals surface area (Å²) in [6.45, 7) is 0. The summed E-state index contributed by atoms with van der Waals surface area (Å²) in [7, 11) is 0. The van der Waals surface area contributed by atoms with E-state index >= 15 is 0 Å². The highest BCUT2D eigenvalue weighted by atomic mass is 32.1. The first-order chi connectivity index (χ1) is 20.5. The maximum atomic E-state index is 14.5. The van der Waals surface area contributed by atoms with E-state index in [0.29, 0.717) is 5.13 Å². The maximum Gasteiger partial charge on any atom is 0.293 e. The molecule has 2 bridgehead atoms. The van der Waals surface area contributed by atoms with Crippen LogP contribution in [-0.4, -0.2) is 27.9 Å². The number of amides is 2. The third-order valence-corrected chi connectivity index (χ3v) is 9.67. The maximum absolute atomic E-state index is 14.5. The van der Waals surface area contributed by atoms with Crippen LogP contribution in [0.5, 0.6) is 0 Å². The third kappa shape index (κ3) is 3.18. The molecule has 2 heterocycles. The van der Waals surface area contributed by atoms with Crippen LogP contribution in [0.15, 0.2) is 102 Å². The van der Waals surface area contributed by atoms with Crippen molar-refractivity contribution in [3.63, 3.8) is 0 Å². The molecule has 2 amide bonds. The van der Waals surface area contributed by atoms with E-state index in [1.807, 2.05) is 72.8 Å². The number of nitrogens with zero attached hydrogens (tertiary/aromatic N) is 4. The van der Waals surface area contributed by atoms with Crippen LogP contribution < -0.4 is 10.3 Å². The van der Waals surface area contributed by atoms with Gasteiger partial charge in [0.1, 0.15) is 5.69 Å². The number of nitro benzene ring substituents is 1. The zero-order valence-electron chi connectivity index (χ0n) is 21.9. The summed E-state index contributed by atoms with van der Waals surface area (Å²) in [4.78, 5) is 45.8. The Hall–Kier alpha value is -5.22. The van der Waals surface area contributed by atoms with Gasteiger partial charge in [-0.3, -0.25) is 25.1 Å². The number of carbonyl (C=O) groups excluding carboxylic acids is 2. The highest BCUT2D eigenvalue weighted by Crippen LogP contribution is 2.64. The number of hydrogen-bond donors (Lipinski definition) is 1. The zero-order valence-corrected chi connectivity index (χ0v) is 22.7. The lowest BCUT2D eigenvalue weighted by atomic mass is 9.47. The van der Waals surface area contributed by atoms with Gasteiger partial charge >= 0.3 is 0 Å². The van der Waals surface area contributed by atoms with Crippen LogP contribution in [0.4, 0.5) is 16.5 Å². The average Bonchev–Trinajstić information content (AvgIpc) is 3.55. The Morgan fingerprint density at radius 2 is 1.52 bits per heavy atom. The highest BCUT2D eigenvalue weighted by molar-refractivity contribution is 7.22. The van der Waals surface area contributed by atoms with Crippen molar-refractivity contribution in [2.24, 2.45) is 16.9 Å². The van der Waals surface area contributed by atoms with Crippen LogP contribution in [0.2, 0.25) is 0 Å². The molecule has 3 aliphatic carbocycles. The predicted octanol–water partition coefficient (Wildman–Crippen LogP) is 5.85. The minimum Gasteiger partial charge on any atom is -0.274 e. The molecule has 1 fully saturated rings. The molecule has 1 aliphatic heterocycles. The third-order valence-electron chi connectivity index (χ3n) is 8.73. The first kappa shape index (κ1) is 24.6. The van der Waals surface area contributed by atoms with Gasteiger partial charge in [-0.2, -0.15) is 5.10 Å². The van der Waals surface area contributed by atoms with Crippen LogP contribution in [0.25, 0.3) is 10.2 Å². The summed E-state index contributed by atoms with van der Waals surface area (Å²) < 4.78 is 1.01. The first-order valence-electron chi connectivity index (χ1n) is 13.5. The molecule has 9 rings (SSSR count). The first-order valence-corrected chi connectivity index (χ1v) is 14.3. The number of fused-ring (bicyclic) bond motifs is 1. The van der Waals surface area contributed by atoms with Crippen molar-refractivity contribution in [2.45, 2.75) is 11.3 Å². The van der Waals surface area contributed by atoms with Crippen LogP contribution in [0, 0.1) is 22.0 Å². The standard InChI is InChI=1S/C32H21N5O4S/c38-29-27-26-18-9-1-3-11-20(18)32(21-12-4-2-10-19(21)26,17-33-35-31-34-22-13-5-8-16-25(22)42-31)28(27)30(39)36(29)23-14-6-7-15-24(23)37(40)41/h1-17,26-28H,(H,34,35)/b33-17-/t26?,27-,28-,32?/m0/s1.